The molecule has 0 bridgehead atoms. The van der Waals surface area contributed by atoms with Gasteiger partial charge in [-0.1, -0.05) is 6.08 Å². The Kier molecular flexibility index (Phi) is 3.40. The molecule has 1 saturated carbocycles. The molecule has 0 amide bonds. The minimum Gasteiger partial charge on any atom is -0.347 e. The van der Waals surface area contributed by atoms with Gasteiger partial charge in [-0.2, -0.15) is 5.26 Å². The zero-order chi connectivity index (χ0) is 10.6. The number of nitriles is 1. The molecule has 2 aliphatic rings. The van der Waals surface area contributed by atoms with Gasteiger partial charge in [0.1, 0.15) is 0 Å². The predicted molar refractivity (Wildman–Crippen MR) is 56.0 cm³/mol. The summed E-state index contributed by atoms with van der Waals surface area (Å²) in [6.45, 7) is 1.48. The summed E-state index contributed by atoms with van der Waals surface area (Å²) in [4.78, 5) is 0. The molecule has 0 radical (unpaired) electrons. The Hall–Kier alpha value is -0.850. The minimum atomic E-state index is -0.263. The second-order valence-electron chi connectivity index (χ2n) is 4.21. The van der Waals surface area contributed by atoms with Crippen LogP contribution in [0.15, 0.2) is 12.2 Å². The number of hydrogen-bond acceptors (Lipinski definition) is 3. The van der Waals surface area contributed by atoms with Crippen LogP contribution in [-0.2, 0) is 9.47 Å². The van der Waals surface area contributed by atoms with Crippen molar-refractivity contribution in [1.82, 2.24) is 0 Å². The van der Waals surface area contributed by atoms with Crippen molar-refractivity contribution in [3.63, 3.8) is 0 Å². The molecule has 1 aliphatic heterocycles. The first-order valence-corrected chi connectivity index (χ1v) is 5.70. The number of nitrogens with zero attached hydrogens (tertiary/aromatic N) is 1. The van der Waals surface area contributed by atoms with Crippen molar-refractivity contribution in [3.05, 3.63) is 12.2 Å². The summed E-state index contributed by atoms with van der Waals surface area (Å²) in [5, 5.41) is 8.38. The van der Waals surface area contributed by atoms with E-state index in [1.807, 2.05) is 12.1 Å². The normalized spacial score (nSPS) is 28.9. The maximum atomic E-state index is 8.38. The highest BCUT2D eigenvalue weighted by Crippen LogP contribution is 2.44. The third-order valence-corrected chi connectivity index (χ3v) is 3.35. The van der Waals surface area contributed by atoms with E-state index in [-0.39, 0.29) is 5.79 Å². The molecular formula is C12H17NO2. The predicted octanol–water partition coefficient (Wildman–Crippen LogP) is 2.39. The zero-order valence-electron chi connectivity index (χ0n) is 8.95. The van der Waals surface area contributed by atoms with E-state index in [1.165, 1.54) is 12.8 Å². The van der Waals surface area contributed by atoms with Gasteiger partial charge >= 0.3 is 0 Å². The standard InChI is InChI=1S/C12H17NO2/c13-8-3-1-2-5-11-6-4-7-12(11)14-9-10-15-12/h1,3,11H,2,4-7,9-10H2/b3-1-. The van der Waals surface area contributed by atoms with Crippen molar-refractivity contribution in [3.8, 4) is 6.07 Å². The van der Waals surface area contributed by atoms with Crippen molar-refractivity contribution in [2.24, 2.45) is 5.92 Å². The SMILES string of the molecule is N#C/C=C\CCC1CCCC12OCCO2. The van der Waals surface area contributed by atoms with Crippen molar-refractivity contribution >= 4 is 0 Å². The van der Waals surface area contributed by atoms with Crippen LogP contribution < -0.4 is 0 Å². The smallest absolute Gasteiger partial charge is 0.171 e. The Balaban J connectivity index is 1.86. The summed E-state index contributed by atoms with van der Waals surface area (Å²) >= 11 is 0. The van der Waals surface area contributed by atoms with Gasteiger partial charge in [-0.05, 0) is 25.7 Å². The molecule has 0 aromatic carbocycles. The van der Waals surface area contributed by atoms with Gasteiger partial charge in [-0.25, -0.2) is 0 Å². The second kappa shape index (κ2) is 4.78. The van der Waals surface area contributed by atoms with E-state index in [4.69, 9.17) is 14.7 Å². The van der Waals surface area contributed by atoms with Crippen LogP contribution >= 0.6 is 0 Å². The fraction of sp³-hybridized carbons (Fsp3) is 0.750. The molecule has 0 N–H and O–H groups in total. The van der Waals surface area contributed by atoms with Crippen molar-refractivity contribution < 1.29 is 9.47 Å². The largest absolute Gasteiger partial charge is 0.347 e. The molecule has 3 heteroatoms. The first kappa shape index (κ1) is 10.7. The quantitative estimate of drug-likeness (QED) is 0.667. The molecule has 1 aliphatic carbocycles. The Morgan fingerprint density at radius 1 is 1.40 bits per heavy atom. The highest BCUT2D eigenvalue weighted by molar-refractivity contribution is 5.02. The molecule has 1 heterocycles. The molecule has 0 aromatic heterocycles. The lowest BCUT2D eigenvalue weighted by Gasteiger charge is -2.29. The van der Waals surface area contributed by atoms with Crippen LogP contribution in [0.5, 0.6) is 0 Å². The lowest BCUT2D eigenvalue weighted by Crippen LogP contribution is -2.34. The van der Waals surface area contributed by atoms with E-state index >= 15 is 0 Å². The number of hydrogen-bond donors (Lipinski definition) is 0. The Morgan fingerprint density at radius 3 is 2.93 bits per heavy atom. The fourth-order valence-electron chi connectivity index (χ4n) is 2.67. The van der Waals surface area contributed by atoms with Crippen LogP contribution in [0.2, 0.25) is 0 Å². The van der Waals surface area contributed by atoms with Crippen LogP contribution in [0.4, 0.5) is 0 Å². The molecule has 15 heavy (non-hydrogen) atoms. The summed E-state index contributed by atoms with van der Waals surface area (Å²) in [7, 11) is 0. The lowest BCUT2D eigenvalue weighted by atomic mass is 9.96. The maximum Gasteiger partial charge on any atom is 0.171 e. The van der Waals surface area contributed by atoms with Gasteiger partial charge < -0.3 is 9.47 Å². The molecule has 1 unspecified atom stereocenters. The zero-order valence-corrected chi connectivity index (χ0v) is 8.95. The highest BCUT2D eigenvalue weighted by Gasteiger charge is 2.47. The molecular weight excluding hydrogens is 190 g/mol. The minimum absolute atomic E-state index is 0.263. The van der Waals surface area contributed by atoms with Crippen LogP contribution in [0, 0.1) is 17.2 Å². The average molecular weight is 207 g/mol. The molecule has 2 fully saturated rings. The number of rotatable bonds is 3. The fourth-order valence-corrected chi connectivity index (χ4v) is 2.67. The van der Waals surface area contributed by atoms with E-state index in [1.54, 1.807) is 6.08 Å². The van der Waals surface area contributed by atoms with Gasteiger partial charge in [-0.15, -0.1) is 0 Å². The van der Waals surface area contributed by atoms with Crippen molar-refractivity contribution in [1.29, 1.82) is 5.26 Å². The summed E-state index contributed by atoms with van der Waals surface area (Å²) in [5.74, 6) is 0.254. The third kappa shape index (κ3) is 2.22. The summed E-state index contributed by atoms with van der Waals surface area (Å²) < 4.78 is 11.5. The van der Waals surface area contributed by atoms with E-state index in [9.17, 15) is 0 Å². The number of ether oxygens (including phenoxy) is 2. The summed E-state index contributed by atoms with van der Waals surface area (Å²) in [5.41, 5.74) is 0. The van der Waals surface area contributed by atoms with Crippen molar-refractivity contribution in [2.75, 3.05) is 13.2 Å². The van der Waals surface area contributed by atoms with E-state index in [2.05, 4.69) is 0 Å². The Morgan fingerprint density at radius 2 is 2.20 bits per heavy atom. The van der Waals surface area contributed by atoms with Crippen LogP contribution in [-0.4, -0.2) is 19.0 Å². The topological polar surface area (TPSA) is 42.2 Å². The molecule has 82 valence electrons. The summed E-state index contributed by atoms with van der Waals surface area (Å²) in [6.07, 6.45) is 8.94. The monoisotopic (exact) mass is 207 g/mol. The van der Waals surface area contributed by atoms with Gasteiger partial charge in [0, 0.05) is 18.4 Å². The van der Waals surface area contributed by atoms with Crippen LogP contribution in [0.25, 0.3) is 0 Å². The van der Waals surface area contributed by atoms with E-state index in [0.29, 0.717) is 5.92 Å². The second-order valence-corrected chi connectivity index (χ2v) is 4.21. The first-order chi connectivity index (χ1) is 7.37. The maximum absolute atomic E-state index is 8.38. The molecule has 2 rings (SSSR count). The van der Waals surface area contributed by atoms with Gasteiger partial charge in [0.25, 0.3) is 0 Å². The number of allylic oxidation sites excluding steroid dienone is 2. The van der Waals surface area contributed by atoms with Gasteiger partial charge in [-0.3, -0.25) is 0 Å². The average Bonchev–Trinajstić information content (AvgIpc) is 2.86. The highest BCUT2D eigenvalue weighted by atomic mass is 16.7. The molecule has 1 spiro atoms. The Bertz CT molecular complexity index is 268. The van der Waals surface area contributed by atoms with Crippen LogP contribution in [0.1, 0.15) is 32.1 Å². The van der Waals surface area contributed by atoms with Gasteiger partial charge in [0.15, 0.2) is 5.79 Å². The first-order valence-electron chi connectivity index (χ1n) is 5.70. The Labute approximate surface area is 90.7 Å². The third-order valence-electron chi connectivity index (χ3n) is 3.35. The molecule has 1 atom stereocenters. The molecule has 0 aromatic rings. The lowest BCUT2D eigenvalue weighted by molar-refractivity contribution is -0.182. The van der Waals surface area contributed by atoms with Crippen molar-refractivity contribution in [2.45, 2.75) is 37.9 Å². The molecule has 3 nitrogen and oxygen atoms in total. The van der Waals surface area contributed by atoms with Gasteiger partial charge in [0.2, 0.25) is 0 Å². The van der Waals surface area contributed by atoms with Gasteiger partial charge in [0.05, 0.1) is 19.3 Å². The summed E-state index contributed by atoms with van der Waals surface area (Å²) in [6, 6.07) is 2.01. The molecule has 1 saturated heterocycles. The van der Waals surface area contributed by atoms with Crippen LogP contribution in [0.3, 0.4) is 0 Å². The van der Waals surface area contributed by atoms with E-state index in [0.717, 1.165) is 32.5 Å². The van der Waals surface area contributed by atoms with E-state index < -0.39 is 0 Å².